The Balaban J connectivity index is 2.22. The maximum Gasteiger partial charge on any atom is 0.336 e. The molecule has 0 fully saturated rings. The smallest absolute Gasteiger partial charge is 0.336 e. The Bertz CT molecular complexity index is 1120. The first-order valence-electron chi connectivity index (χ1n) is 11.6. The van der Waals surface area contributed by atoms with Gasteiger partial charge in [-0.1, -0.05) is 13.0 Å². The average Bonchev–Trinajstić information content (AvgIpc) is 2.79. The fourth-order valence-corrected chi connectivity index (χ4v) is 4.70. The van der Waals surface area contributed by atoms with Crippen LogP contribution in [0, 0.1) is 11.8 Å². The first-order valence-corrected chi connectivity index (χ1v) is 11.6. The molecule has 3 atom stereocenters. The molecule has 1 aliphatic heterocycles. The van der Waals surface area contributed by atoms with E-state index in [1.807, 2.05) is 6.92 Å². The SMILES string of the molecule is CCOC(=O)C1=C(C)NC2=C(C(=O)[C@H](C(=O)OC)[C@@H](C)C2)[C@H]1c1ccc(OC(C)=O)c(OCC)c1. The number of carbonyl (C=O) groups is 4. The van der Waals surface area contributed by atoms with Crippen molar-refractivity contribution in [2.45, 2.75) is 47.0 Å². The monoisotopic (exact) mass is 485 g/mol. The fraction of sp³-hybridized carbons (Fsp3) is 0.462. The van der Waals surface area contributed by atoms with Gasteiger partial charge in [-0.05, 0) is 50.8 Å². The van der Waals surface area contributed by atoms with E-state index in [0.29, 0.717) is 41.3 Å². The van der Waals surface area contributed by atoms with E-state index in [4.69, 9.17) is 18.9 Å². The van der Waals surface area contributed by atoms with Gasteiger partial charge in [0.15, 0.2) is 17.3 Å². The lowest BCUT2D eigenvalue weighted by molar-refractivity contribution is -0.151. The predicted molar refractivity (Wildman–Crippen MR) is 125 cm³/mol. The Kier molecular flexibility index (Phi) is 7.99. The van der Waals surface area contributed by atoms with Crippen LogP contribution in [-0.4, -0.2) is 44.0 Å². The van der Waals surface area contributed by atoms with E-state index in [0.717, 1.165) is 0 Å². The fourth-order valence-electron chi connectivity index (χ4n) is 4.70. The Morgan fingerprint density at radius 2 is 1.83 bits per heavy atom. The second kappa shape index (κ2) is 10.8. The second-order valence-corrected chi connectivity index (χ2v) is 8.49. The van der Waals surface area contributed by atoms with Crippen molar-refractivity contribution in [1.29, 1.82) is 0 Å². The number of allylic oxidation sites excluding steroid dienone is 3. The van der Waals surface area contributed by atoms with Crippen LogP contribution in [0.25, 0.3) is 0 Å². The van der Waals surface area contributed by atoms with Crippen LogP contribution in [-0.2, 0) is 28.7 Å². The van der Waals surface area contributed by atoms with Crippen LogP contribution in [0.3, 0.4) is 0 Å². The quantitative estimate of drug-likeness (QED) is 0.353. The lowest BCUT2D eigenvalue weighted by atomic mass is 9.69. The number of Topliss-reactive ketones (excluding diaryl/α,β-unsaturated/α-hetero) is 1. The van der Waals surface area contributed by atoms with Gasteiger partial charge in [0, 0.05) is 29.8 Å². The van der Waals surface area contributed by atoms with Gasteiger partial charge < -0.3 is 24.3 Å². The number of benzene rings is 1. The number of ketones is 1. The molecule has 188 valence electrons. The Morgan fingerprint density at radius 3 is 2.43 bits per heavy atom. The van der Waals surface area contributed by atoms with Crippen molar-refractivity contribution in [1.82, 2.24) is 5.32 Å². The van der Waals surface area contributed by atoms with Crippen molar-refractivity contribution in [3.8, 4) is 11.5 Å². The third-order valence-electron chi connectivity index (χ3n) is 6.09. The van der Waals surface area contributed by atoms with E-state index >= 15 is 0 Å². The summed E-state index contributed by atoms with van der Waals surface area (Å²) < 4.78 is 21.2. The third-order valence-corrected chi connectivity index (χ3v) is 6.09. The van der Waals surface area contributed by atoms with E-state index < -0.39 is 35.5 Å². The molecule has 0 unspecified atom stereocenters. The van der Waals surface area contributed by atoms with Crippen molar-refractivity contribution < 1.29 is 38.1 Å². The molecule has 0 amide bonds. The maximum atomic E-state index is 13.7. The molecule has 3 rings (SSSR count). The van der Waals surface area contributed by atoms with Crippen LogP contribution >= 0.6 is 0 Å². The molecule has 9 heteroatoms. The summed E-state index contributed by atoms with van der Waals surface area (Å²) in [6, 6.07) is 4.88. The van der Waals surface area contributed by atoms with E-state index in [2.05, 4.69) is 5.32 Å². The third kappa shape index (κ3) is 5.08. The van der Waals surface area contributed by atoms with Crippen molar-refractivity contribution >= 4 is 23.7 Å². The van der Waals surface area contributed by atoms with Crippen LogP contribution in [0.2, 0.25) is 0 Å². The molecule has 1 aromatic carbocycles. The second-order valence-electron chi connectivity index (χ2n) is 8.49. The molecule has 1 N–H and O–H groups in total. The molecule has 0 aromatic heterocycles. The number of nitrogens with one attached hydrogen (secondary N) is 1. The highest BCUT2D eigenvalue weighted by Gasteiger charge is 2.47. The minimum absolute atomic E-state index is 0.152. The zero-order valence-corrected chi connectivity index (χ0v) is 20.9. The Hall–Kier alpha value is -3.62. The van der Waals surface area contributed by atoms with Crippen molar-refractivity contribution in [3.05, 3.63) is 46.3 Å². The lowest BCUT2D eigenvalue weighted by Crippen LogP contribution is -2.43. The number of dihydropyridines is 1. The molecule has 1 aromatic rings. The topological polar surface area (TPSA) is 117 Å². The highest BCUT2D eigenvalue weighted by atomic mass is 16.6. The number of esters is 3. The van der Waals surface area contributed by atoms with Gasteiger partial charge in [-0.25, -0.2) is 4.79 Å². The number of hydrogen-bond donors (Lipinski definition) is 1. The highest BCUT2D eigenvalue weighted by Crippen LogP contribution is 2.46. The number of hydrogen-bond acceptors (Lipinski definition) is 9. The van der Waals surface area contributed by atoms with Crippen molar-refractivity contribution in [2.24, 2.45) is 11.8 Å². The van der Waals surface area contributed by atoms with Gasteiger partial charge in [-0.15, -0.1) is 0 Å². The van der Waals surface area contributed by atoms with E-state index in [1.54, 1.807) is 39.0 Å². The summed E-state index contributed by atoms with van der Waals surface area (Å²) in [4.78, 5) is 50.9. The van der Waals surface area contributed by atoms with Gasteiger partial charge in [0.05, 0.1) is 25.9 Å². The first-order chi connectivity index (χ1) is 16.6. The molecular weight excluding hydrogens is 454 g/mol. The van der Waals surface area contributed by atoms with E-state index in [9.17, 15) is 19.2 Å². The predicted octanol–water partition coefficient (Wildman–Crippen LogP) is 3.19. The summed E-state index contributed by atoms with van der Waals surface area (Å²) in [5, 5.41) is 3.21. The molecular formula is C26H31NO8. The molecule has 0 saturated carbocycles. The van der Waals surface area contributed by atoms with E-state index in [1.165, 1.54) is 14.0 Å². The van der Waals surface area contributed by atoms with Crippen molar-refractivity contribution in [2.75, 3.05) is 20.3 Å². The number of ether oxygens (including phenoxy) is 4. The summed E-state index contributed by atoms with van der Waals surface area (Å²) in [6.45, 7) is 8.80. The normalized spacial score (nSPS) is 21.7. The van der Waals surface area contributed by atoms with Gasteiger partial charge >= 0.3 is 17.9 Å². The molecule has 0 spiro atoms. The number of methoxy groups -OCH3 is 1. The lowest BCUT2D eigenvalue weighted by Gasteiger charge is -2.38. The Labute approximate surface area is 204 Å². The standard InChI is InChI=1S/C26H31NO8/c1-7-33-19-12-16(9-10-18(19)35-15(5)28)22-21(26(31)34-8-2)14(4)27-17-11-13(3)20(25(30)32-6)24(29)23(17)22/h9-10,12-13,20,22,27H,7-8,11H2,1-6H3/t13-,20+,22-/m0/s1. The summed E-state index contributed by atoms with van der Waals surface area (Å²) in [5.74, 6) is -3.67. The summed E-state index contributed by atoms with van der Waals surface area (Å²) in [5.41, 5.74) is 2.35. The zero-order chi connectivity index (χ0) is 25.9. The molecule has 0 radical (unpaired) electrons. The van der Waals surface area contributed by atoms with Crippen LogP contribution in [0.4, 0.5) is 0 Å². The minimum Gasteiger partial charge on any atom is -0.490 e. The molecule has 9 nitrogen and oxygen atoms in total. The average molecular weight is 486 g/mol. The van der Waals surface area contributed by atoms with Gasteiger partial charge in [0.1, 0.15) is 5.92 Å². The largest absolute Gasteiger partial charge is 0.490 e. The molecule has 0 saturated heterocycles. The number of rotatable bonds is 7. The summed E-state index contributed by atoms with van der Waals surface area (Å²) >= 11 is 0. The van der Waals surface area contributed by atoms with Gasteiger partial charge in [-0.2, -0.15) is 0 Å². The number of carbonyl (C=O) groups excluding carboxylic acids is 4. The van der Waals surface area contributed by atoms with Crippen LogP contribution in [0.1, 0.15) is 52.5 Å². The summed E-state index contributed by atoms with van der Waals surface area (Å²) in [7, 11) is 1.25. The minimum atomic E-state index is -0.989. The molecule has 1 heterocycles. The zero-order valence-electron chi connectivity index (χ0n) is 20.9. The Morgan fingerprint density at radius 1 is 1.11 bits per heavy atom. The van der Waals surface area contributed by atoms with E-state index in [-0.39, 0.29) is 23.8 Å². The van der Waals surface area contributed by atoms with Crippen LogP contribution in [0.5, 0.6) is 11.5 Å². The highest BCUT2D eigenvalue weighted by molar-refractivity contribution is 6.12. The van der Waals surface area contributed by atoms with Gasteiger partial charge in [0.2, 0.25) is 0 Å². The molecule has 0 bridgehead atoms. The van der Waals surface area contributed by atoms with Crippen LogP contribution < -0.4 is 14.8 Å². The summed E-state index contributed by atoms with van der Waals surface area (Å²) in [6.07, 6.45) is 0.425. The van der Waals surface area contributed by atoms with Crippen LogP contribution in [0.15, 0.2) is 40.7 Å². The van der Waals surface area contributed by atoms with Gasteiger partial charge in [-0.3, -0.25) is 14.4 Å². The van der Waals surface area contributed by atoms with Crippen molar-refractivity contribution in [3.63, 3.8) is 0 Å². The molecule has 1 aliphatic carbocycles. The first kappa shape index (κ1) is 26.0. The van der Waals surface area contributed by atoms with Gasteiger partial charge in [0.25, 0.3) is 0 Å². The molecule has 2 aliphatic rings. The maximum absolute atomic E-state index is 13.7. The molecule has 35 heavy (non-hydrogen) atoms.